The Hall–Kier alpha value is -2.34. The number of aliphatic carboxylic acids is 1. The molecular weight excluding hydrogens is 301 g/mol. The number of ether oxygens (including phenoxy) is 2. The average Bonchev–Trinajstić information content (AvgIpc) is 2.43. The number of hydrogen-bond acceptors (Lipinski definition) is 4. The third kappa shape index (κ3) is 4.06. The molecule has 5 nitrogen and oxygen atoms in total. The van der Waals surface area contributed by atoms with Crippen LogP contribution in [0, 0.1) is 5.82 Å². The first-order valence-electron chi connectivity index (χ1n) is 5.94. The number of aromatic nitrogens is 1. The molecule has 0 fully saturated rings. The smallest absolute Gasteiger partial charge is 0.344 e. The Kier molecular flexibility index (Phi) is 4.59. The molecule has 1 aromatic heterocycles. The van der Waals surface area contributed by atoms with Gasteiger partial charge in [0.25, 0.3) is 5.88 Å². The molecule has 2 rings (SSSR count). The Morgan fingerprint density at radius 2 is 1.95 bits per heavy atom. The van der Waals surface area contributed by atoms with Gasteiger partial charge in [-0.15, -0.1) is 0 Å². The van der Waals surface area contributed by atoms with Gasteiger partial charge in [-0.3, -0.25) is 0 Å². The van der Waals surface area contributed by atoms with E-state index in [2.05, 4.69) is 4.98 Å². The lowest BCUT2D eigenvalue weighted by atomic mass is 10.3. The second-order valence-corrected chi connectivity index (χ2v) is 4.55. The van der Waals surface area contributed by atoms with Crippen LogP contribution in [0.4, 0.5) is 4.39 Å². The van der Waals surface area contributed by atoms with Crippen LogP contribution in [0.15, 0.2) is 36.5 Å². The number of carboxylic acids is 1. The third-order valence-corrected chi connectivity index (χ3v) is 2.68. The highest BCUT2D eigenvalue weighted by Gasteiger charge is 2.12. The topological polar surface area (TPSA) is 68.7 Å². The van der Waals surface area contributed by atoms with Gasteiger partial charge in [0.1, 0.15) is 11.5 Å². The van der Waals surface area contributed by atoms with Crippen LogP contribution in [0.2, 0.25) is 5.02 Å². The van der Waals surface area contributed by atoms with Gasteiger partial charge in [0.15, 0.2) is 11.9 Å². The van der Waals surface area contributed by atoms with E-state index in [-0.39, 0.29) is 10.9 Å². The van der Waals surface area contributed by atoms with Crippen LogP contribution >= 0.6 is 11.6 Å². The summed E-state index contributed by atoms with van der Waals surface area (Å²) in [6, 6.07) is 7.15. The zero-order valence-electron chi connectivity index (χ0n) is 10.9. The Morgan fingerprint density at radius 3 is 2.52 bits per heavy atom. The van der Waals surface area contributed by atoms with Crippen molar-refractivity contribution in [2.45, 2.75) is 13.0 Å². The lowest BCUT2D eigenvalue weighted by Crippen LogP contribution is -2.22. The van der Waals surface area contributed by atoms with Crippen LogP contribution in [0.1, 0.15) is 6.92 Å². The van der Waals surface area contributed by atoms with Crippen molar-refractivity contribution in [1.82, 2.24) is 4.98 Å². The first-order chi connectivity index (χ1) is 9.95. The molecule has 1 N–H and O–H groups in total. The summed E-state index contributed by atoms with van der Waals surface area (Å²) < 4.78 is 23.9. The Morgan fingerprint density at radius 1 is 1.33 bits per heavy atom. The van der Waals surface area contributed by atoms with Gasteiger partial charge >= 0.3 is 5.97 Å². The van der Waals surface area contributed by atoms with Crippen LogP contribution < -0.4 is 9.47 Å². The van der Waals surface area contributed by atoms with Crippen molar-refractivity contribution in [2.24, 2.45) is 0 Å². The summed E-state index contributed by atoms with van der Waals surface area (Å²) in [5, 5.41) is 8.91. The fourth-order valence-electron chi connectivity index (χ4n) is 1.43. The van der Waals surface area contributed by atoms with E-state index in [4.69, 9.17) is 26.2 Å². The van der Waals surface area contributed by atoms with Crippen molar-refractivity contribution >= 4 is 17.6 Å². The minimum Gasteiger partial charge on any atom is -0.479 e. The summed E-state index contributed by atoms with van der Waals surface area (Å²) >= 11 is 5.59. The number of hydrogen-bond donors (Lipinski definition) is 1. The van der Waals surface area contributed by atoms with Gasteiger partial charge in [0, 0.05) is 6.20 Å². The first kappa shape index (κ1) is 15.1. The van der Waals surface area contributed by atoms with E-state index < -0.39 is 17.9 Å². The summed E-state index contributed by atoms with van der Waals surface area (Å²) in [6.45, 7) is 1.42. The van der Waals surface area contributed by atoms with E-state index in [1.165, 1.54) is 37.4 Å². The lowest BCUT2D eigenvalue weighted by molar-refractivity contribution is -0.144. The molecule has 0 saturated heterocycles. The SMILES string of the molecule is C[C@@H](Oc1ccc(Oc2ncc(Cl)cc2F)cc1)C(=O)O. The maximum atomic E-state index is 13.5. The van der Waals surface area contributed by atoms with Gasteiger partial charge < -0.3 is 14.6 Å². The zero-order chi connectivity index (χ0) is 15.4. The van der Waals surface area contributed by atoms with Crippen LogP contribution in [0.3, 0.4) is 0 Å². The normalized spacial score (nSPS) is 11.8. The highest BCUT2D eigenvalue weighted by molar-refractivity contribution is 6.30. The summed E-state index contributed by atoms with van der Waals surface area (Å²) in [5.74, 6) is -1.25. The first-order valence-corrected chi connectivity index (χ1v) is 6.32. The molecule has 1 atom stereocenters. The Labute approximate surface area is 124 Å². The molecule has 110 valence electrons. The van der Waals surface area contributed by atoms with Crippen molar-refractivity contribution in [1.29, 1.82) is 0 Å². The molecule has 7 heteroatoms. The predicted octanol–water partition coefficient (Wildman–Crippen LogP) is 3.52. The molecule has 1 heterocycles. The largest absolute Gasteiger partial charge is 0.479 e. The molecule has 0 aliphatic rings. The van der Waals surface area contributed by atoms with Crippen LogP contribution in [0.25, 0.3) is 0 Å². The van der Waals surface area contributed by atoms with E-state index in [1.807, 2.05) is 0 Å². The minimum absolute atomic E-state index is 0.172. The van der Waals surface area contributed by atoms with E-state index >= 15 is 0 Å². The predicted molar refractivity (Wildman–Crippen MR) is 73.4 cm³/mol. The number of pyridine rings is 1. The van der Waals surface area contributed by atoms with Gasteiger partial charge in [0.05, 0.1) is 5.02 Å². The number of carboxylic acid groups (broad SMARTS) is 1. The summed E-state index contributed by atoms with van der Waals surface area (Å²) in [6.07, 6.45) is 0.304. The van der Waals surface area contributed by atoms with E-state index in [0.717, 1.165) is 6.07 Å². The maximum Gasteiger partial charge on any atom is 0.344 e. The second-order valence-electron chi connectivity index (χ2n) is 4.11. The standard InChI is InChI=1S/C14H11ClFNO4/c1-8(14(18)19)20-10-2-4-11(5-3-10)21-13-12(16)6-9(15)7-17-13/h2-8H,1H3,(H,18,19)/t8-/m1/s1. The maximum absolute atomic E-state index is 13.5. The molecule has 0 spiro atoms. The number of halogens is 2. The number of benzene rings is 1. The third-order valence-electron chi connectivity index (χ3n) is 2.47. The fourth-order valence-corrected chi connectivity index (χ4v) is 1.57. The molecule has 0 bridgehead atoms. The minimum atomic E-state index is -1.07. The van der Waals surface area contributed by atoms with E-state index in [1.54, 1.807) is 0 Å². The van der Waals surface area contributed by atoms with Crippen LogP contribution in [-0.4, -0.2) is 22.2 Å². The molecule has 0 amide bonds. The van der Waals surface area contributed by atoms with Crippen LogP contribution in [0.5, 0.6) is 17.4 Å². The molecule has 0 radical (unpaired) electrons. The Balaban J connectivity index is 2.07. The van der Waals surface area contributed by atoms with Crippen molar-refractivity contribution < 1.29 is 23.8 Å². The molecule has 0 aliphatic heterocycles. The van der Waals surface area contributed by atoms with Gasteiger partial charge in [0.2, 0.25) is 0 Å². The van der Waals surface area contributed by atoms with Crippen molar-refractivity contribution in [2.75, 3.05) is 0 Å². The molecule has 0 unspecified atom stereocenters. The number of nitrogens with zero attached hydrogens (tertiary/aromatic N) is 1. The van der Waals surface area contributed by atoms with Gasteiger partial charge in [-0.25, -0.2) is 14.2 Å². The molecule has 0 aliphatic carbocycles. The fraction of sp³-hybridized carbons (Fsp3) is 0.143. The van der Waals surface area contributed by atoms with Gasteiger partial charge in [-0.1, -0.05) is 11.6 Å². The summed E-state index contributed by atoms with van der Waals surface area (Å²) in [5.41, 5.74) is 0. The monoisotopic (exact) mass is 311 g/mol. The molecular formula is C14H11ClFNO4. The highest BCUT2D eigenvalue weighted by Crippen LogP contribution is 2.26. The van der Waals surface area contributed by atoms with E-state index in [0.29, 0.717) is 11.5 Å². The van der Waals surface area contributed by atoms with Gasteiger partial charge in [-0.2, -0.15) is 0 Å². The molecule has 2 aromatic rings. The zero-order valence-corrected chi connectivity index (χ0v) is 11.7. The average molecular weight is 312 g/mol. The van der Waals surface area contributed by atoms with Crippen LogP contribution in [-0.2, 0) is 4.79 Å². The Bertz CT molecular complexity index is 648. The number of rotatable bonds is 5. The van der Waals surface area contributed by atoms with Crippen molar-refractivity contribution in [3.05, 3.63) is 47.4 Å². The van der Waals surface area contributed by atoms with Crippen molar-refractivity contribution in [3.8, 4) is 17.4 Å². The van der Waals surface area contributed by atoms with Gasteiger partial charge in [-0.05, 0) is 37.3 Å². The van der Waals surface area contributed by atoms with E-state index in [9.17, 15) is 9.18 Å². The summed E-state index contributed by atoms with van der Waals surface area (Å²) in [7, 11) is 0. The molecule has 0 saturated carbocycles. The second kappa shape index (κ2) is 6.41. The van der Waals surface area contributed by atoms with Crippen molar-refractivity contribution in [3.63, 3.8) is 0 Å². The summed E-state index contributed by atoms with van der Waals surface area (Å²) in [4.78, 5) is 14.4. The lowest BCUT2D eigenvalue weighted by Gasteiger charge is -2.11. The number of carbonyl (C=O) groups is 1. The highest BCUT2D eigenvalue weighted by atomic mass is 35.5. The quantitative estimate of drug-likeness (QED) is 0.915. The molecule has 21 heavy (non-hydrogen) atoms. The molecule has 1 aromatic carbocycles.